The minimum atomic E-state index is -0.0257. The molecule has 1 aromatic carbocycles. The lowest BCUT2D eigenvalue weighted by molar-refractivity contribution is 0.102. The van der Waals surface area contributed by atoms with E-state index in [0.717, 1.165) is 0 Å². The van der Waals surface area contributed by atoms with Gasteiger partial charge in [-0.3, -0.25) is 4.79 Å². The molecule has 0 aromatic heterocycles. The van der Waals surface area contributed by atoms with Gasteiger partial charge in [-0.05, 0) is 19.5 Å². The molecule has 0 amide bonds. The van der Waals surface area contributed by atoms with Crippen LogP contribution in [0.1, 0.15) is 16.8 Å². The molecule has 0 aliphatic carbocycles. The lowest BCUT2D eigenvalue weighted by Gasteiger charge is -2.09. The van der Waals surface area contributed by atoms with Crippen molar-refractivity contribution in [2.75, 3.05) is 19.0 Å². The molecule has 1 saturated heterocycles. The highest BCUT2D eigenvalue weighted by molar-refractivity contribution is 6.30. The van der Waals surface area contributed by atoms with Gasteiger partial charge in [0.2, 0.25) is 0 Å². The van der Waals surface area contributed by atoms with Crippen LogP contribution in [-0.4, -0.2) is 24.8 Å². The van der Waals surface area contributed by atoms with Crippen LogP contribution in [0.5, 0.6) is 0 Å². The molecule has 0 bridgehead atoms. The standard InChI is InChI=1S/C8H7ClO.C3H7N/c9-6-8(10)7-4-2-1-3-5-7;1-2-4-3-1/h1-5H,6H2;4H,1-3H2. The van der Waals surface area contributed by atoms with Gasteiger partial charge in [0.15, 0.2) is 5.78 Å². The maximum Gasteiger partial charge on any atom is 0.177 e. The Kier molecular flexibility index (Phi) is 5.27. The Morgan fingerprint density at radius 3 is 2.14 bits per heavy atom. The minimum absolute atomic E-state index is 0.0257. The lowest BCUT2D eigenvalue weighted by atomic mass is 10.2. The first-order valence-corrected chi connectivity index (χ1v) is 5.23. The van der Waals surface area contributed by atoms with Crippen molar-refractivity contribution in [3.8, 4) is 0 Å². The number of ketones is 1. The molecule has 0 saturated carbocycles. The molecule has 2 rings (SSSR count). The van der Waals surface area contributed by atoms with Crippen molar-refractivity contribution >= 4 is 17.4 Å². The normalized spacial score (nSPS) is 13.5. The Labute approximate surface area is 89.3 Å². The third-order valence-electron chi connectivity index (χ3n) is 1.92. The number of Topliss-reactive ketones (excluding diaryl/α,β-unsaturated/α-hetero) is 1. The molecule has 76 valence electrons. The van der Waals surface area contributed by atoms with E-state index in [4.69, 9.17) is 11.6 Å². The number of benzene rings is 1. The molecule has 1 aromatic rings. The minimum Gasteiger partial charge on any atom is -0.317 e. The van der Waals surface area contributed by atoms with Crippen molar-refractivity contribution < 1.29 is 4.79 Å². The first-order valence-electron chi connectivity index (χ1n) is 4.69. The van der Waals surface area contributed by atoms with E-state index in [0.29, 0.717) is 5.56 Å². The molecule has 0 unspecified atom stereocenters. The highest BCUT2D eigenvalue weighted by Crippen LogP contribution is 2.00. The summed E-state index contributed by atoms with van der Waals surface area (Å²) in [7, 11) is 0. The van der Waals surface area contributed by atoms with E-state index in [-0.39, 0.29) is 11.7 Å². The number of hydrogen-bond acceptors (Lipinski definition) is 2. The van der Waals surface area contributed by atoms with Crippen LogP contribution in [-0.2, 0) is 0 Å². The SMILES string of the molecule is C1CNC1.O=C(CCl)c1ccccc1. The zero-order chi connectivity index (χ0) is 10.2. The van der Waals surface area contributed by atoms with Gasteiger partial charge in [-0.15, -0.1) is 11.6 Å². The van der Waals surface area contributed by atoms with Gasteiger partial charge in [-0.1, -0.05) is 30.3 Å². The molecule has 14 heavy (non-hydrogen) atoms. The van der Waals surface area contributed by atoms with Crippen LogP contribution in [0.2, 0.25) is 0 Å². The fourth-order valence-corrected chi connectivity index (χ4v) is 1.03. The Balaban J connectivity index is 0.000000203. The van der Waals surface area contributed by atoms with Crippen molar-refractivity contribution in [3.05, 3.63) is 35.9 Å². The Bertz CT molecular complexity index is 266. The maximum absolute atomic E-state index is 10.9. The number of carbonyl (C=O) groups excluding carboxylic acids is 1. The third-order valence-corrected chi connectivity index (χ3v) is 2.17. The summed E-state index contributed by atoms with van der Waals surface area (Å²) in [4.78, 5) is 10.9. The molecule has 1 heterocycles. The molecule has 0 radical (unpaired) electrons. The van der Waals surface area contributed by atoms with Crippen LogP contribution in [0.25, 0.3) is 0 Å². The highest BCUT2D eigenvalue weighted by Gasteiger charge is 1.99. The van der Waals surface area contributed by atoms with E-state index < -0.39 is 0 Å². The number of nitrogens with one attached hydrogen (secondary N) is 1. The molecule has 1 fully saturated rings. The van der Waals surface area contributed by atoms with E-state index >= 15 is 0 Å². The summed E-state index contributed by atoms with van der Waals surface area (Å²) in [6, 6.07) is 9.01. The molecule has 1 aliphatic heterocycles. The molecule has 1 aliphatic rings. The predicted molar refractivity (Wildman–Crippen MR) is 59.0 cm³/mol. The smallest absolute Gasteiger partial charge is 0.177 e. The average molecular weight is 212 g/mol. The highest BCUT2D eigenvalue weighted by atomic mass is 35.5. The van der Waals surface area contributed by atoms with Gasteiger partial charge in [-0.2, -0.15) is 0 Å². The second-order valence-corrected chi connectivity index (χ2v) is 3.29. The van der Waals surface area contributed by atoms with Crippen molar-refractivity contribution in [3.63, 3.8) is 0 Å². The summed E-state index contributed by atoms with van der Waals surface area (Å²) in [5.74, 6) is 0.0339. The number of halogens is 1. The Hall–Kier alpha value is -0.860. The Morgan fingerprint density at radius 2 is 1.79 bits per heavy atom. The molecule has 2 nitrogen and oxygen atoms in total. The summed E-state index contributed by atoms with van der Waals surface area (Å²) in [6.07, 6.45) is 1.39. The fraction of sp³-hybridized carbons (Fsp3) is 0.364. The van der Waals surface area contributed by atoms with Gasteiger partial charge in [0.05, 0.1) is 5.88 Å². The summed E-state index contributed by atoms with van der Waals surface area (Å²) < 4.78 is 0. The number of carbonyl (C=O) groups is 1. The van der Waals surface area contributed by atoms with Crippen molar-refractivity contribution in [1.29, 1.82) is 0 Å². The number of rotatable bonds is 2. The molecular weight excluding hydrogens is 198 g/mol. The molecule has 1 N–H and O–H groups in total. The first kappa shape index (κ1) is 11.2. The zero-order valence-corrected chi connectivity index (χ0v) is 8.76. The van der Waals surface area contributed by atoms with Gasteiger partial charge >= 0.3 is 0 Å². The number of hydrogen-bond donors (Lipinski definition) is 1. The van der Waals surface area contributed by atoms with E-state index in [1.54, 1.807) is 12.1 Å². The van der Waals surface area contributed by atoms with Gasteiger partial charge < -0.3 is 5.32 Å². The van der Waals surface area contributed by atoms with E-state index in [1.807, 2.05) is 18.2 Å². The molecule has 0 spiro atoms. The predicted octanol–water partition coefficient (Wildman–Crippen LogP) is 2.09. The third kappa shape index (κ3) is 3.90. The Morgan fingerprint density at radius 1 is 1.29 bits per heavy atom. The molecular formula is C11H14ClNO. The van der Waals surface area contributed by atoms with Crippen molar-refractivity contribution in [2.24, 2.45) is 0 Å². The van der Waals surface area contributed by atoms with Crippen molar-refractivity contribution in [1.82, 2.24) is 5.32 Å². The topological polar surface area (TPSA) is 29.1 Å². The van der Waals surface area contributed by atoms with Gasteiger partial charge in [-0.25, -0.2) is 0 Å². The second kappa shape index (κ2) is 6.57. The fourth-order valence-electron chi connectivity index (χ4n) is 0.878. The summed E-state index contributed by atoms with van der Waals surface area (Å²) in [5, 5.41) is 3.11. The van der Waals surface area contributed by atoms with Crippen LogP contribution in [0.15, 0.2) is 30.3 Å². The lowest BCUT2D eigenvalue weighted by Crippen LogP contribution is -2.29. The zero-order valence-electron chi connectivity index (χ0n) is 8.00. The second-order valence-electron chi connectivity index (χ2n) is 3.03. The molecule has 3 heteroatoms. The van der Waals surface area contributed by atoms with E-state index in [2.05, 4.69) is 5.32 Å². The van der Waals surface area contributed by atoms with Crippen LogP contribution in [0, 0.1) is 0 Å². The monoisotopic (exact) mass is 211 g/mol. The quantitative estimate of drug-likeness (QED) is 0.600. The van der Waals surface area contributed by atoms with Crippen LogP contribution in [0.4, 0.5) is 0 Å². The average Bonchev–Trinajstić information content (AvgIpc) is 2.15. The van der Waals surface area contributed by atoms with Gasteiger partial charge in [0.25, 0.3) is 0 Å². The summed E-state index contributed by atoms with van der Waals surface area (Å²) >= 11 is 5.34. The largest absolute Gasteiger partial charge is 0.317 e. The number of alkyl halides is 1. The summed E-state index contributed by atoms with van der Waals surface area (Å²) in [6.45, 7) is 2.50. The van der Waals surface area contributed by atoms with Gasteiger partial charge in [0.1, 0.15) is 0 Å². The summed E-state index contributed by atoms with van der Waals surface area (Å²) in [5.41, 5.74) is 0.678. The van der Waals surface area contributed by atoms with E-state index in [9.17, 15) is 4.79 Å². The van der Waals surface area contributed by atoms with Crippen LogP contribution < -0.4 is 5.32 Å². The molecule has 0 atom stereocenters. The maximum atomic E-state index is 10.9. The van der Waals surface area contributed by atoms with Gasteiger partial charge in [0, 0.05) is 5.56 Å². The van der Waals surface area contributed by atoms with Crippen molar-refractivity contribution in [2.45, 2.75) is 6.42 Å². The van der Waals surface area contributed by atoms with E-state index in [1.165, 1.54) is 19.5 Å². The van der Waals surface area contributed by atoms with Crippen LogP contribution in [0.3, 0.4) is 0 Å². The first-order chi connectivity index (χ1) is 6.84. The van der Waals surface area contributed by atoms with Crippen LogP contribution >= 0.6 is 11.6 Å².